The second-order valence-corrected chi connectivity index (χ2v) is 9.32. The quantitative estimate of drug-likeness (QED) is 0.837. The van der Waals surface area contributed by atoms with Gasteiger partial charge >= 0.3 is 6.18 Å². The van der Waals surface area contributed by atoms with Crippen molar-refractivity contribution >= 4 is 5.91 Å². The van der Waals surface area contributed by atoms with Crippen molar-refractivity contribution in [1.29, 1.82) is 0 Å². The predicted octanol–water partition coefficient (Wildman–Crippen LogP) is 4.12. The smallest absolute Gasteiger partial charge is 0.347 e. The summed E-state index contributed by atoms with van der Waals surface area (Å²) < 4.78 is 41.1. The van der Waals surface area contributed by atoms with Crippen LogP contribution in [-0.2, 0) is 11.3 Å². The highest BCUT2D eigenvalue weighted by Crippen LogP contribution is 2.78. The van der Waals surface area contributed by atoms with E-state index < -0.39 is 17.0 Å². The van der Waals surface area contributed by atoms with Crippen LogP contribution in [0.25, 0.3) is 11.3 Å². The first kappa shape index (κ1) is 17.5. The molecule has 152 valence electrons. The summed E-state index contributed by atoms with van der Waals surface area (Å²) in [6.07, 6.45) is 0.516. The topological polar surface area (TPSA) is 59.8 Å². The van der Waals surface area contributed by atoms with Crippen molar-refractivity contribution in [3.05, 3.63) is 35.8 Å². The van der Waals surface area contributed by atoms with Gasteiger partial charge in [0, 0.05) is 29.9 Å². The maximum Gasteiger partial charge on any atom is 0.394 e. The Morgan fingerprint density at radius 1 is 1.17 bits per heavy atom. The van der Waals surface area contributed by atoms with Gasteiger partial charge in [0.2, 0.25) is 5.91 Å². The first-order chi connectivity index (χ1) is 13.8. The molecule has 0 spiro atoms. The number of hydrogen-bond donors (Lipinski definition) is 1. The maximum absolute atomic E-state index is 13.1. The monoisotopic (exact) mass is 402 g/mol. The molecule has 3 heterocycles. The lowest BCUT2D eigenvalue weighted by Gasteiger charge is -2.69. The van der Waals surface area contributed by atoms with Gasteiger partial charge in [0.1, 0.15) is 0 Å². The molecule has 2 bridgehead atoms. The van der Waals surface area contributed by atoms with Gasteiger partial charge in [0.15, 0.2) is 0 Å². The van der Waals surface area contributed by atoms with Gasteiger partial charge in [-0.3, -0.25) is 14.5 Å². The van der Waals surface area contributed by atoms with Crippen LogP contribution in [0.15, 0.2) is 24.4 Å². The van der Waals surface area contributed by atoms with E-state index in [1.54, 1.807) is 0 Å². The van der Waals surface area contributed by atoms with Crippen molar-refractivity contribution in [1.82, 2.24) is 20.1 Å². The van der Waals surface area contributed by atoms with Crippen LogP contribution in [0.1, 0.15) is 61.9 Å². The Morgan fingerprint density at radius 2 is 1.93 bits per heavy atom. The fourth-order valence-electron chi connectivity index (χ4n) is 5.43. The molecular weight excluding hydrogens is 381 g/mol. The summed E-state index contributed by atoms with van der Waals surface area (Å²) in [6.45, 7) is 0.695. The first-order valence-electron chi connectivity index (χ1n) is 10.2. The predicted molar refractivity (Wildman–Crippen MR) is 97.7 cm³/mol. The van der Waals surface area contributed by atoms with Gasteiger partial charge in [-0.15, -0.1) is 0 Å². The lowest BCUT2D eigenvalue weighted by molar-refractivity contribution is -0.351. The lowest BCUT2D eigenvalue weighted by Crippen LogP contribution is -2.72. The molecule has 1 amide bonds. The number of nitrogens with zero attached hydrogens (tertiary/aromatic N) is 3. The van der Waals surface area contributed by atoms with Crippen LogP contribution in [0.4, 0.5) is 13.2 Å². The van der Waals surface area contributed by atoms with Crippen LogP contribution in [-0.4, -0.2) is 26.8 Å². The number of alkyl halides is 3. The molecule has 5 aliphatic rings. The van der Waals surface area contributed by atoms with Gasteiger partial charge in [-0.2, -0.15) is 18.3 Å². The summed E-state index contributed by atoms with van der Waals surface area (Å²) in [6, 6.07) is 5.82. The second kappa shape index (κ2) is 5.40. The van der Waals surface area contributed by atoms with Gasteiger partial charge in [0.05, 0.1) is 28.3 Å². The number of aromatic nitrogens is 3. The average molecular weight is 402 g/mol. The molecule has 4 aliphatic carbocycles. The van der Waals surface area contributed by atoms with E-state index in [1.807, 2.05) is 23.0 Å². The minimum absolute atomic E-state index is 0.0620. The van der Waals surface area contributed by atoms with Gasteiger partial charge in [0.25, 0.3) is 0 Å². The number of fused-ring (bicyclic) bond motifs is 1. The van der Waals surface area contributed by atoms with Crippen LogP contribution in [0.3, 0.4) is 0 Å². The standard InChI is InChI=1S/C21H21F3N4O/c22-21(23,24)20-9-19(10-20,11-20)18(29)26-14-4-6-28-17(14)8-16(27-28)13-3-5-25-15(7-13)12-1-2-12/h3,5,7-8,12,14H,1-2,4,6,9-11H2,(H,26,29). The fourth-order valence-corrected chi connectivity index (χ4v) is 5.43. The molecule has 1 atom stereocenters. The third-order valence-corrected chi connectivity index (χ3v) is 7.29. The van der Waals surface area contributed by atoms with Gasteiger partial charge in [-0.05, 0) is 56.7 Å². The number of aryl methyl sites for hydroxylation is 1. The normalized spacial score (nSPS) is 32.3. The Kier molecular flexibility index (Phi) is 3.25. The Balaban J connectivity index is 1.18. The Bertz CT molecular complexity index is 1000. The zero-order valence-electron chi connectivity index (χ0n) is 15.8. The highest BCUT2D eigenvalue weighted by atomic mass is 19.4. The molecule has 0 saturated heterocycles. The number of pyridine rings is 1. The van der Waals surface area contributed by atoms with E-state index in [9.17, 15) is 18.0 Å². The zero-order valence-corrected chi connectivity index (χ0v) is 15.8. The summed E-state index contributed by atoms with van der Waals surface area (Å²) in [5.74, 6) is 0.328. The molecule has 7 rings (SSSR count). The lowest BCUT2D eigenvalue weighted by atomic mass is 9.34. The van der Waals surface area contributed by atoms with E-state index in [1.165, 1.54) is 12.8 Å². The molecule has 4 saturated carbocycles. The van der Waals surface area contributed by atoms with Crippen molar-refractivity contribution < 1.29 is 18.0 Å². The van der Waals surface area contributed by atoms with Gasteiger partial charge in [-0.1, -0.05) is 0 Å². The van der Waals surface area contributed by atoms with Crippen molar-refractivity contribution in [3.8, 4) is 11.3 Å². The largest absolute Gasteiger partial charge is 0.394 e. The van der Waals surface area contributed by atoms with E-state index in [0.29, 0.717) is 12.5 Å². The van der Waals surface area contributed by atoms with Crippen molar-refractivity contribution in [3.63, 3.8) is 0 Å². The number of hydrogen-bond acceptors (Lipinski definition) is 3. The number of carbonyl (C=O) groups excluding carboxylic acids is 1. The first-order valence-corrected chi connectivity index (χ1v) is 10.2. The number of amides is 1. The summed E-state index contributed by atoms with van der Waals surface area (Å²) in [7, 11) is 0. The van der Waals surface area contributed by atoms with E-state index in [0.717, 1.165) is 29.1 Å². The molecular formula is C21H21F3N4O. The number of halogens is 3. The van der Waals surface area contributed by atoms with Crippen molar-refractivity contribution in [2.75, 3.05) is 0 Å². The molecule has 5 nitrogen and oxygen atoms in total. The molecule has 1 N–H and O–H groups in total. The van der Waals surface area contributed by atoms with Crippen LogP contribution in [0.2, 0.25) is 0 Å². The van der Waals surface area contributed by atoms with E-state index in [-0.39, 0.29) is 31.2 Å². The van der Waals surface area contributed by atoms with Crippen LogP contribution < -0.4 is 5.32 Å². The highest BCUT2D eigenvalue weighted by molar-refractivity contribution is 5.87. The molecule has 29 heavy (non-hydrogen) atoms. The van der Waals surface area contributed by atoms with Crippen LogP contribution in [0.5, 0.6) is 0 Å². The van der Waals surface area contributed by atoms with Crippen LogP contribution in [0, 0.1) is 10.8 Å². The molecule has 0 aromatic carbocycles. The van der Waals surface area contributed by atoms with Crippen molar-refractivity contribution in [2.45, 2.75) is 63.2 Å². The van der Waals surface area contributed by atoms with Gasteiger partial charge in [-0.25, -0.2) is 0 Å². The Labute approximate surface area is 165 Å². The minimum Gasteiger partial charge on any atom is -0.347 e. The average Bonchev–Trinajstić information content (AvgIpc) is 3.24. The summed E-state index contributed by atoms with van der Waals surface area (Å²) in [5.41, 5.74) is 1.48. The molecule has 8 heteroatoms. The summed E-state index contributed by atoms with van der Waals surface area (Å²) >= 11 is 0. The van der Waals surface area contributed by atoms with E-state index >= 15 is 0 Å². The molecule has 4 fully saturated rings. The molecule has 0 radical (unpaired) electrons. The SMILES string of the molecule is O=C(NC1CCn2nc(-c3ccnc(C4CC4)c3)cc21)C12CC(C(F)(F)F)(C1)C2. The van der Waals surface area contributed by atoms with Gasteiger partial charge < -0.3 is 5.32 Å². The maximum atomic E-state index is 13.1. The molecule has 2 aromatic heterocycles. The Hall–Kier alpha value is -2.38. The number of nitrogens with one attached hydrogen (secondary N) is 1. The molecule has 1 aliphatic heterocycles. The zero-order chi connectivity index (χ0) is 20.0. The number of carbonyl (C=O) groups is 1. The van der Waals surface area contributed by atoms with Crippen molar-refractivity contribution in [2.24, 2.45) is 10.8 Å². The molecule has 2 aromatic rings. The second-order valence-electron chi connectivity index (χ2n) is 9.32. The van der Waals surface area contributed by atoms with E-state index in [2.05, 4.69) is 21.5 Å². The fraction of sp³-hybridized carbons (Fsp3) is 0.571. The summed E-state index contributed by atoms with van der Waals surface area (Å²) in [5, 5.41) is 7.69. The summed E-state index contributed by atoms with van der Waals surface area (Å²) in [4.78, 5) is 17.1. The van der Waals surface area contributed by atoms with Crippen LogP contribution >= 0.6 is 0 Å². The Morgan fingerprint density at radius 3 is 2.62 bits per heavy atom. The minimum atomic E-state index is -4.19. The highest BCUT2D eigenvalue weighted by Gasteiger charge is 2.80. The number of rotatable bonds is 4. The molecule has 1 unspecified atom stereocenters. The third kappa shape index (κ3) is 2.43. The van der Waals surface area contributed by atoms with E-state index in [4.69, 9.17) is 0 Å². The third-order valence-electron chi connectivity index (χ3n) is 7.29.